The summed E-state index contributed by atoms with van der Waals surface area (Å²) < 4.78 is 13.8. The fourth-order valence-electron chi connectivity index (χ4n) is 1.72. The number of halogens is 3. The van der Waals surface area contributed by atoms with Crippen LogP contribution < -0.4 is 0 Å². The number of hydrogen-bond acceptors (Lipinski definition) is 1. The summed E-state index contributed by atoms with van der Waals surface area (Å²) in [4.78, 5) is 0. The molecule has 2 aromatic carbocycles. The Labute approximate surface area is 118 Å². The van der Waals surface area contributed by atoms with Crippen molar-refractivity contribution in [2.24, 2.45) is 0 Å². The lowest BCUT2D eigenvalue weighted by molar-refractivity contribution is 0.178. The first kappa shape index (κ1) is 13.5. The van der Waals surface area contributed by atoms with E-state index in [-0.39, 0.29) is 5.82 Å². The van der Waals surface area contributed by atoms with Gasteiger partial charge in [-0.2, -0.15) is 0 Å². The van der Waals surface area contributed by atoms with Crippen LogP contribution in [0.2, 0.25) is 5.02 Å². The van der Waals surface area contributed by atoms with Gasteiger partial charge in [0.1, 0.15) is 5.82 Å². The van der Waals surface area contributed by atoms with Gasteiger partial charge in [-0.15, -0.1) is 0 Å². The Morgan fingerprint density at radius 2 is 2.00 bits per heavy atom. The monoisotopic (exact) mass is 328 g/mol. The molecular formula is C14H11BrClFO. The fourth-order valence-corrected chi connectivity index (χ4v) is 2.24. The largest absolute Gasteiger partial charge is 0.388 e. The summed E-state index contributed by atoms with van der Waals surface area (Å²) in [5, 5.41) is 10.7. The normalized spacial score (nSPS) is 12.4. The van der Waals surface area contributed by atoms with Crippen LogP contribution >= 0.6 is 27.5 Å². The van der Waals surface area contributed by atoms with Gasteiger partial charge < -0.3 is 5.11 Å². The quantitative estimate of drug-likeness (QED) is 0.878. The summed E-state index contributed by atoms with van der Waals surface area (Å²) >= 11 is 9.20. The molecule has 18 heavy (non-hydrogen) atoms. The molecule has 0 bridgehead atoms. The fraction of sp³-hybridized carbons (Fsp3) is 0.143. The molecule has 0 aliphatic rings. The van der Waals surface area contributed by atoms with Gasteiger partial charge in [-0.3, -0.25) is 0 Å². The number of benzene rings is 2. The van der Waals surface area contributed by atoms with Crippen LogP contribution in [0, 0.1) is 5.82 Å². The lowest BCUT2D eigenvalue weighted by Crippen LogP contribution is -2.02. The van der Waals surface area contributed by atoms with Gasteiger partial charge in [0.25, 0.3) is 0 Å². The molecule has 1 unspecified atom stereocenters. The molecule has 0 aromatic heterocycles. The van der Waals surface area contributed by atoms with E-state index in [0.717, 1.165) is 15.6 Å². The highest BCUT2D eigenvalue weighted by molar-refractivity contribution is 9.10. The van der Waals surface area contributed by atoms with Gasteiger partial charge in [-0.25, -0.2) is 4.39 Å². The van der Waals surface area contributed by atoms with Crippen molar-refractivity contribution in [3.05, 3.63) is 68.9 Å². The first-order valence-electron chi connectivity index (χ1n) is 5.44. The molecule has 0 aliphatic carbocycles. The third-order valence-electron chi connectivity index (χ3n) is 2.65. The Balaban J connectivity index is 2.16. The average molecular weight is 330 g/mol. The van der Waals surface area contributed by atoms with Crippen LogP contribution in [-0.2, 0) is 6.42 Å². The maximum absolute atomic E-state index is 13.0. The minimum absolute atomic E-state index is 0.294. The van der Waals surface area contributed by atoms with E-state index in [2.05, 4.69) is 15.9 Å². The first-order valence-corrected chi connectivity index (χ1v) is 6.61. The standard InChI is InChI=1S/C14H11BrClFO/c15-12-8-10(4-5-13(12)16)14(18)7-9-2-1-3-11(17)6-9/h1-6,8,14,18H,7H2. The molecule has 94 valence electrons. The van der Waals surface area contributed by atoms with Crippen molar-refractivity contribution in [1.82, 2.24) is 0 Å². The van der Waals surface area contributed by atoms with E-state index in [9.17, 15) is 9.50 Å². The zero-order valence-corrected chi connectivity index (χ0v) is 11.7. The molecule has 0 fully saturated rings. The lowest BCUT2D eigenvalue weighted by Gasteiger charge is -2.12. The molecule has 0 saturated carbocycles. The highest BCUT2D eigenvalue weighted by atomic mass is 79.9. The van der Waals surface area contributed by atoms with Crippen molar-refractivity contribution >= 4 is 27.5 Å². The summed E-state index contributed by atoms with van der Waals surface area (Å²) in [5.41, 5.74) is 1.50. The smallest absolute Gasteiger partial charge is 0.123 e. The molecule has 0 saturated heterocycles. The second-order valence-electron chi connectivity index (χ2n) is 4.02. The third kappa shape index (κ3) is 3.31. The van der Waals surface area contributed by atoms with Crippen LogP contribution in [0.3, 0.4) is 0 Å². The van der Waals surface area contributed by atoms with E-state index in [0.29, 0.717) is 11.4 Å². The SMILES string of the molecule is OC(Cc1cccc(F)c1)c1ccc(Cl)c(Br)c1. The predicted octanol–water partition coefficient (Wildman–Crippen LogP) is 4.52. The highest BCUT2D eigenvalue weighted by Crippen LogP contribution is 2.27. The van der Waals surface area contributed by atoms with Crippen LogP contribution in [-0.4, -0.2) is 5.11 Å². The Morgan fingerprint density at radius 3 is 2.67 bits per heavy atom. The van der Waals surface area contributed by atoms with Crippen LogP contribution in [0.4, 0.5) is 4.39 Å². The van der Waals surface area contributed by atoms with Gasteiger partial charge in [-0.1, -0.05) is 29.8 Å². The van der Waals surface area contributed by atoms with Gasteiger partial charge in [0, 0.05) is 10.9 Å². The van der Waals surface area contributed by atoms with Crippen molar-refractivity contribution in [2.45, 2.75) is 12.5 Å². The van der Waals surface area contributed by atoms with Gasteiger partial charge in [0.2, 0.25) is 0 Å². The molecule has 0 amide bonds. The van der Waals surface area contributed by atoms with Crippen LogP contribution in [0.1, 0.15) is 17.2 Å². The zero-order valence-electron chi connectivity index (χ0n) is 9.41. The maximum atomic E-state index is 13.0. The van der Waals surface area contributed by atoms with Crippen LogP contribution in [0.15, 0.2) is 46.9 Å². The van der Waals surface area contributed by atoms with E-state index in [1.165, 1.54) is 12.1 Å². The lowest BCUT2D eigenvalue weighted by atomic mass is 10.0. The Hall–Kier alpha value is -0.900. The van der Waals surface area contributed by atoms with Crippen molar-refractivity contribution < 1.29 is 9.50 Å². The van der Waals surface area contributed by atoms with Gasteiger partial charge in [0.15, 0.2) is 0 Å². The first-order chi connectivity index (χ1) is 8.56. The summed E-state index contributed by atoms with van der Waals surface area (Å²) in [6.07, 6.45) is -0.313. The highest BCUT2D eigenvalue weighted by Gasteiger charge is 2.10. The zero-order chi connectivity index (χ0) is 13.1. The minimum atomic E-state index is -0.680. The van der Waals surface area contributed by atoms with Crippen molar-refractivity contribution in [3.63, 3.8) is 0 Å². The van der Waals surface area contributed by atoms with E-state index in [4.69, 9.17) is 11.6 Å². The number of rotatable bonds is 3. The number of hydrogen-bond donors (Lipinski definition) is 1. The molecule has 2 rings (SSSR count). The Kier molecular flexibility index (Phi) is 4.38. The van der Waals surface area contributed by atoms with Gasteiger partial charge in [-0.05, 0) is 51.3 Å². The van der Waals surface area contributed by atoms with Crippen LogP contribution in [0.25, 0.3) is 0 Å². The second kappa shape index (κ2) is 5.83. The molecular weight excluding hydrogens is 319 g/mol. The number of aliphatic hydroxyl groups is 1. The van der Waals surface area contributed by atoms with Crippen molar-refractivity contribution in [1.29, 1.82) is 0 Å². The molecule has 4 heteroatoms. The molecule has 1 N–H and O–H groups in total. The van der Waals surface area contributed by atoms with Crippen molar-refractivity contribution in [2.75, 3.05) is 0 Å². The van der Waals surface area contributed by atoms with E-state index in [1.54, 1.807) is 30.3 Å². The Morgan fingerprint density at radius 1 is 1.22 bits per heavy atom. The molecule has 1 nitrogen and oxygen atoms in total. The van der Waals surface area contributed by atoms with E-state index < -0.39 is 6.10 Å². The molecule has 2 aromatic rings. The van der Waals surface area contributed by atoms with E-state index in [1.807, 2.05) is 0 Å². The molecule has 0 spiro atoms. The maximum Gasteiger partial charge on any atom is 0.123 e. The molecule has 1 atom stereocenters. The second-order valence-corrected chi connectivity index (χ2v) is 5.28. The minimum Gasteiger partial charge on any atom is -0.388 e. The summed E-state index contributed by atoms with van der Waals surface area (Å²) in [6.45, 7) is 0. The number of aliphatic hydroxyl groups excluding tert-OH is 1. The van der Waals surface area contributed by atoms with E-state index >= 15 is 0 Å². The van der Waals surface area contributed by atoms with Gasteiger partial charge in [0.05, 0.1) is 11.1 Å². The van der Waals surface area contributed by atoms with Crippen LogP contribution in [0.5, 0.6) is 0 Å². The molecule has 0 radical (unpaired) electrons. The molecule has 0 aliphatic heterocycles. The topological polar surface area (TPSA) is 20.2 Å². The summed E-state index contributed by atoms with van der Waals surface area (Å²) in [7, 11) is 0. The molecule has 0 heterocycles. The van der Waals surface area contributed by atoms with Crippen molar-refractivity contribution in [3.8, 4) is 0 Å². The summed E-state index contributed by atoms with van der Waals surface area (Å²) in [6, 6.07) is 11.5. The summed E-state index contributed by atoms with van der Waals surface area (Å²) in [5.74, 6) is -0.294. The van der Waals surface area contributed by atoms with Gasteiger partial charge >= 0.3 is 0 Å². The predicted molar refractivity (Wildman–Crippen MR) is 74.2 cm³/mol. The average Bonchev–Trinajstić information content (AvgIpc) is 2.32. The third-order valence-corrected chi connectivity index (χ3v) is 3.86. The Bertz CT molecular complexity index is 559.